The number of pyridine rings is 3. The van der Waals surface area contributed by atoms with E-state index in [1.807, 2.05) is 30.3 Å². The monoisotopic (exact) mass is 504 g/mol. The van der Waals surface area contributed by atoms with Gasteiger partial charge in [-0.3, -0.25) is 19.9 Å². The molecule has 1 aliphatic rings. The minimum absolute atomic E-state index is 0.0679. The van der Waals surface area contributed by atoms with E-state index in [9.17, 15) is 4.79 Å². The normalized spacial score (nSPS) is 14.3. The molecule has 6 aromatic heterocycles. The summed E-state index contributed by atoms with van der Waals surface area (Å²) in [6.45, 7) is 0. The molecule has 6 aromatic rings. The Kier molecular flexibility index (Phi) is 5.42. The molecular formula is C28H24N8O2. The molecular weight excluding hydrogens is 480 g/mol. The van der Waals surface area contributed by atoms with Crippen LogP contribution in [0.3, 0.4) is 0 Å². The Balaban J connectivity index is 1.23. The van der Waals surface area contributed by atoms with Gasteiger partial charge in [-0.25, -0.2) is 9.97 Å². The Hall–Kier alpha value is -4.86. The van der Waals surface area contributed by atoms with Crippen molar-refractivity contribution in [3.8, 4) is 34.0 Å². The number of carbonyl (C=O) groups is 1. The summed E-state index contributed by atoms with van der Waals surface area (Å²) in [5.41, 5.74) is 7.40. The number of H-pyrrole nitrogens is 2. The Bertz CT molecular complexity index is 1760. The van der Waals surface area contributed by atoms with Crippen molar-refractivity contribution < 1.29 is 9.21 Å². The molecule has 0 spiro atoms. The Labute approximate surface area is 217 Å². The van der Waals surface area contributed by atoms with Crippen LogP contribution in [0.4, 0.5) is 5.69 Å². The third kappa shape index (κ3) is 4.00. The molecule has 0 bridgehead atoms. The van der Waals surface area contributed by atoms with Crippen LogP contribution in [0, 0.1) is 5.92 Å². The van der Waals surface area contributed by atoms with E-state index in [0.29, 0.717) is 22.7 Å². The summed E-state index contributed by atoms with van der Waals surface area (Å²) in [4.78, 5) is 34.7. The van der Waals surface area contributed by atoms with Gasteiger partial charge in [0.15, 0.2) is 11.5 Å². The molecule has 38 heavy (non-hydrogen) atoms. The van der Waals surface area contributed by atoms with Gasteiger partial charge in [0.05, 0.1) is 41.1 Å². The lowest BCUT2D eigenvalue weighted by atomic mass is 9.88. The van der Waals surface area contributed by atoms with E-state index in [4.69, 9.17) is 14.4 Å². The van der Waals surface area contributed by atoms with E-state index in [2.05, 4.69) is 30.5 Å². The largest absolute Gasteiger partial charge is 0.472 e. The second kappa shape index (κ2) is 9.22. The minimum Gasteiger partial charge on any atom is -0.472 e. The van der Waals surface area contributed by atoms with Gasteiger partial charge in [-0.1, -0.05) is 19.3 Å². The topological polar surface area (TPSA) is 138 Å². The fourth-order valence-corrected chi connectivity index (χ4v) is 5.14. The first-order valence-corrected chi connectivity index (χ1v) is 12.7. The van der Waals surface area contributed by atoms with Crippen molar-refractivity contribution >= 4 is 33.7 Å². The SMILES string of the molecule is O=C(Nc1cncc(-c2ccc3[nH]nc(-c4nc5c(-c6ccoc6)nccc5[nH]4)c3n2)c1)C1CCCCC1. The quantitative estimate of drug-likeness (QED) is 0.272. The van der Waals surface area contributed by atoms with Gasteiger partial charge in [-0.2, -0.15) is 5.10 Å². The molecule has 188 valence electrons. The number of hydrogen-bond donors (Lipinski definition) is 3. The summed E-state index contributed by atoms with van der Waals surface area (Å²) in [6.07, 6.45) is 13.7. The second-order valence-corrected chi connectivity index (χ2v) is 9.60. The van der Waals surface area contributed by atoms with Crippen molar-refractivity contribution in [2.75, 3.05) is 5.32 Å². The van der Waals surface area contributed by atoms with E-state index in [1.165, 1.54) is 6.42 Å². The van der Waals surface area contributed by atoms with Crippen LogP contribution in [-0.2, 0) is 4.79 Å². The molecule has 1 fully saturated rings. The van der Waals surface area contributed by atoms with Gasteiger partial charge in [-0.15, -0.1) is 0 Å². The van der Waals surface area contributed by atoms with Crippen LogP contribution in [0.2, 0.25) is 0 Å². The molecule has 3 N–H and O–H groups in total. The third-order valence-electron chi connectivity index (χ3n) is 7.11. The number of nitrogens with one attached hydrogen (secondary N) is 3. The standard InChI is InChI=1S/C28H24N8O2/c37-28(16-4-2-1-3-5-16)31-19-12-18(13-29-14-19)20-6-7-22-25(32-20)26(36-35-22)27-33-21-8-10-30-23(24(21)34-27)17-9-11-38-15-17/h6-16H,1-5H2,(H,31,37)(H,33,34)(H,35,36). The lowest BCUT2D eigenvalue weighted by molar-refractivity contribution is -0.120. The van der Waals surface area contributed by atoms with Crippen molar-refractivity contribution in [3.63, 3.8) is 0 Å². The van der Waals surface area contributed by atoms with Gasteiger partial charge in [0.1, 0.15) is 16.7 Å². The number of aromatic nitrogens is 7. The van der Waals surface area contributed by atoms with Crippen LogP contribution in [0.15, 0.2) is 65.9 Å². The predicted molar refractivity (Wildman–Crippen MR) is 143 cm³/mol. The number of aromatic amines is 2. The Morgan fingerprint density at radius 2 is 1.84 bits per heavy atom. The average molecular weight is 505 g/mol. The first-order valence-electron chi connectivity index (χ1n) is 12.7. The van der Waals surface area contributed by atoms with Crippen molar-refractivity contribution in [3.05, 3.63) is 61.4 Å². The zero-order valence-corrected chi connectivity index (χ0v) is 20.4. The number of amides is 1. The molecule has 6 heterocycles. The van der Waals surface area contributed by atoms with E-state index in [1.54, 1.807) is 31.1 Å². The van der Waals surface area contributed by atoms with Crippen molar-refractivity contribution in [1.29, 1.82) is 0 Å². The second-order valence-electron chi connectivity index (χ2n) is 9.60. The zero-order chi connectivity index (χ0) is 25.5. The molecule has 0 aromatic carbocycles. The highest BCUT2D eigenvalue weighted by atomic mass is 16.3. The number of rotatable bonds is 5. The maximum Gasteiger partial charge on any atom is 0.227 e. The summed E-state index contributed by atoms with van der Waals surface area (Å²) in [6, 6.07) is 9.48. The maximum absolute atomic E-state index is 12.7. The first kappa shape index (κ1) is 22.3. The number of nitrogens with zero attached hydrogens (tertiary/aromatic N) is 5. The molecule has 0 aliphatic heterocycles. The van der Waals surface area contributed by atoms with Gasteiger partial charge >= 0.3 is 0 Å². The van der Waals surface area contributed by atoms with Crippen LogP contribution in [-0.4, -0.2) is 41.0 Å². The highest BCUT2D eigenvalue weighted by molar-refractivity contribution is 5.95. The van der Waals surface area contributed by atoms with Crippen LogP contribution in [0.5, 0.6) is 0 Å². The van der Waals surface area contributed by atoms with Gasteiger partial charge in [0, 0.05) is 29.4 Å². The highest BCUT2D eigenvalue weighted by Crippen LogP contribution is 2.31. The molecule has 0 unspecified atom stereocenters. The molecule has 0 saturated heterocycles. The van der Waals surface area contributed by atoms with E-state index in [-0.39, 0.29) is 11.8 Å². The molecule has 1 aliphatic carbocycles. The number of anilines is 1. The predicted octanol–water partition coefficient (Wildman–Crippen LogP) is 5.74. The van der Waals surface area contributed by atoms with Crippen molar-refractivity contribution in [2.45, 2.75) is 32.1 Å². The molecule has 1 saturated carbocycles. The van der Waals surface area contributed by atoms with Crippen LogP contribution < -0.4 is 5.32 Å². The lowest BCUT2D eigenvalue weighted by Gasteiger charge is -2.20. The fraction of sp³-hybridized carbons (Fsp3) is 0.214. The van der Waals surface area contributed by atoms with Gasteiger partial charge in [-0.05, 0) is 43.2 Å². The van der Waals surface area contributed by atoms with Crippen LogP contribution in [0.25, 0.3) is 56.1 Å². The summed E-state index contributed by atoms with van der Waals surface area (Å²) >= 11 is 0. The van der Waals surface area contributed by atoms with Crippen LogP contribution >= 0.6 is 0 Å². The summed E-state index contributed by atoms with van der Waals surface area (Å²) in [5.74, 6) is 0.724. The molecule has 10 heteroatoms. The zero-order valence-electron chi connectivity index (χ0n) is 20.4. The van der Waals surface area contributed by atoms with Gasteiger partial charge < -0.3 is 14.7 Å². The van der Waals surface area contributed by atoms with Gasteiger partial charge in [0.2, 0.25) is 5.91 Å². The molecule has 7 rings (SSSR count). The minimum atomic E-state index is 0.0679. The summed E-state index contributed by atoms with van der Waals surface area (Å²) in [7, 11) is 0. The third-order valence-corrected chi connectivity index (χ3v) is 7.11. The molecule has 0 radical (unpaired) electrons. The van der Waals surface area contributed by atoms with Crippen molar-refractivity contribution in [2.24, 2.45) is 5.92 Å². The fourth-order valence-electron chi connectivity index (χ4n) is 5.14. The molecule has 1 amide bonds. The van der Waals surface area contributed by atoms with Gasteiger partial charge in [0.25, 0.3) is 0 Å². The highest BCUT2D eigenvalue weighted by Gasteiger charge is 2.22. The van der Waals surface area contributed by atoms with E-state index in [0.717, 1.165) is 64.7 Å². The lowest BCUT2D eigenvalue weighted by Crippen LogP contribution is -2.24. The number of imidazole rings is 1. The number of fused-ring (bicyclic) bond motifs is 2. The Morgan fingerprint density at radius 3 is 2.71 bits per heavy atom. The number of hydrogen-bond acceptors (Lipinski definition) is 7. The number of carbonyl (C=O) groups excluding carboxylic acids is 1. The maximum atomic E-state index is 12.7. The summed E-state index contributed by atoms with van der Waals surface area (Å²) in [5, 5.41) is 10.6. The molecule has 10 nitrogen and oxygen atoms in total. The number of furan rings is 1. The Morgan fingerprint density at radius 1 is 0.947 bits per heavy atom. The summed E-state index contributed by atoms with van der Waals surface area (Å²) < 4.78 is 5.24. The molecule has 0 atom stereocenters. The van der Waals surface area contributed by atoms with E-state index >= 15 is 0 Å². The first-order chi connectivity index (χ1) is 18.7. The van der Waals surface area contributed by atoms with Crippen molar-refractivity contribution in [1.82, 2.24) is 35.1 Å². The van der Waals surface area contributed by atoms with Crippen LogP contribution in [0.1, 0.15) is 32.1 Å². The van der Waals surface area contributed by atoms with E-state index < -0.39 is 0 Å². The average Bonchev–Trinajstić information content (AvgIpc) is 3.73. The smallest absolute Gasteiger partial charge is 0.227 e.